The summed E-state index contributed by atoms with van der Waals surface area (Å²) in [6, 6.07) is 5.53. The van der Waals surface area contributed by atoms with Crippen LogP contribution < -0.4 is 11.3 Å². The van der Waals surface area contributed by atoms with Crippen molar-refractivity contribution in [3.8, 4) is 11.1 Å². The van der Waals surface area contributed by atoms with Gasteiger partial charge in [0.2, 0.25) is 0 Å². The molecule has 4 rings (SSSR count). The highest BCUT2D eigenvalue weighted by molar-refractivity contribution is 7.91. The number of aromatic nitrogens is 1. The molecule has 1 aliphatic rings. The first kappa shape index (κ1) is 24.5. The fourth-order valence-corrected chi connectivity index (χ4v) is 6.66. The lowest BCUT2D eigenvalue weighted by atomic mass is 10.00. The number of aryl methyl sites for hydroxylation is 2. The summed E-state index contributed by atoms with van der Waals surface area (Å²) in [7, 11) is -3.04. The third kappa shape index (κ3) is 4.76. The van der Waals surface area contributed by atoms with Gasteiger partial charge in [0, 0.05) is 23.0 Å². The molecule has 0 radical (unpaired) electrons. The van der Waals surface area contributed by atoms with Crippen LogP contribution in [0.4, 0.5) is 13.2 Å². The van der Waals surface area contributed by atoms with Gasteiger partial charge in [-0.05, 0) is 49.9 Å². The molecule has 2 N–H and O–H groups in total. The largest absolute Gasteiger partial charge is 0.416 e. The summed E-state index contributed by atoms with van der Waals surface area (Å²) in [6.07, 6.45) is -2.16. The number of sulfone groups is 1. The lowest BCUT2D eigenvalue weighted by molar-refractivity contribution is -0.138. The summed E-state index contributed by atoms with van der Waals surface area (Å²) in [4.78, 5) is 18.0. The first-order chi connectivity index (χ1) is 15.9. The van der Waals surface area contributed by atoms with Gasteiger partial charge in [-0.1, -0.05) is 12.1 Å². The van der Waals surface area contributed by atoms with Crippen LogP contribution in [0.1, 0.15) is 35.8 Å². The molecular weight excluding hydrogens is 487 g/mol. The smallest absolute Gasteiger partial charge is 0.383 e. The lowest BCUT2D eigenvalue weighted by Crippen LogP contribution is -2.27. The van der Waals surface area contributed by atoms with Gasteiger partial charge >= 0.3 is 6.18 Å². The molecule has 3 heterocycles. The number of amidine groups is 1. The van der Waals surface area contributed by atoms with Crippen molar-refractivity contribution in [2.24, 2.45) is 10.7 Å². The van der Waals surface area contributed by atoms with Gasteiger partial charge in [-0.25, -0.2) is 8.42 Å². The first-order valence-corrected chi connectivity index (χ1v) is 13.4. The minimum absolute atomic E-state index is 0.0567. The van der Waals surface area contributed by atoms with Crippen LogP contribution in [0.15, 0.2) is 40.2 Å². The Hall–Kier alpha value is -2.66. The van der Waals surface area contributed by atoms with Gasteiger partial charge in [-0.3, -0.25) is 9.79 Å². The number of halogens is 3. The Bertz CT molecular complexity index is 1440. The third-order valence-corrected chi connectivity index (χ3v) is 8.95. The summed E-state index contributed by atoms with van der Waals surface area (Å²) >= 11 is 1.20. The van der Waals surface area contributed by atoms with Crippen molar-refractivity contribution in [1.82, 2.24) is 4.57 Å². The van der Waals surface area contributed by atoms with Crippen LogP contribution in [0.25, 0.3) is 21.2 Å². The topological polar surface area (TPSA) is 94.5 Å². The number of fused-ring (bicyclic) bond motifs is 1. The van der Waals surface area contributed by atoms with Crippen molar-refractivity contribution in [1.29, 1.82) is 0 Å². The van der Waals surface area contributed by atoms with Crippen LogP contribution in [-0.4, -0.2) is 36.4 Å². The highest BCUT2D eigenvalue weighted by Crippen LogP contribution is 2.38. The summed E-state index contributed by atoms with van der Waals surface area (Å²) in [5, 5.41) is 0.359. The average molecular weight is 512 g/mol. The summed E-state index contributed by atoms with van der Waals surface area (Å²) in [5.74, 6) is 0.307. The van der Waals surface area contributed by atoms with E-state index in [0.29, 0.717) is 45.5 Å². The van der Waals surface area contributed by atoms with Crippen LogP contribution in [0.2, 0.25) is 0 Å². The second-order valence-corrected chi connectivity index (χ2v) is 11.8. The Balaban J connectivity index is 1.83. The maximum atomic E-state index is 13.5. The van der Waals surface area contributed by atoms with Crippen LogP contribution in [-0.2, 0) is 22.6 Å². The molecule has 0 unspecified atom stereocenters. The van der Waals surface area contributed by atoms with Gasteiger partial charge in [0.1, 0.15) is 15.7 Å². The molecule has 0 atom stereocenters. The number of thiophene rings is 1. The maximum Gasteiger partial charge on any atom is 0.416 e. The molecule has 0 bridgehead atoms. The molecule has 6 nitrogen and oxygen atoms in total. The molecule has 1 aliphatic heterocycles. The van der Waals surface area contributed by atoms with E-state index in [0.717, 1.165) is 6.07 Å². The second kappa shape index (κ2) is 8.84. The summed E-state index contributed by atoms with van der Waals surface area (Å²) in [5.41, 5.74) is 6.22. The number of hydrogen-bond acceptors (Lipinski definition) is 5. The number of nitrogens with zero attached hydrogens (tertiary/aromatic N) is 2. The monoisotopic (exact) mass is 511 g/mol. The minimum Gasteiger partial charge on any atom is -0.383 e. The van der Waals surface area contributed by atoms with Crippen molar-refractivity contribution >= 4 is 37.1 Å². The molecule has 0 aliphatic carbocycles. The Morgan fingerprint density at radius 1 is 1.24 bits per heavy atom. The third-order valence-electron chi connectivity index (χ3n) is 6.05. The summed E-state index contributed by atoms with van der Waals surface area (Å²) < 4.78 is 65.9. The van der Waals surface area contributed by atoms with E-state index in [1.165, 1.54) is 28.9 Å². The Morgan fingerprint density at radius 3 is 2.53 bits per heavy atom. The first-order valence-electron chi connectivity index (χ1n) is 10.8. The van der Waals surface area contributed by atoms with E-state index in [9.17, 15) is 26.4 Å². The van der Waals surface area contributed by atoms with E-state index in [1.54, 1.807) is 25.3 Å². The summed E-state index contributed by atoms with van der Waals surface area (Å²) in [6.45, 7) is 3.55. The average Bonchev–Trinajstić information content (AvgIpc) is 3.21. The lowest BCUT2D eigenvalue weighted by Gasteiger charge is -2.18. The fraction of sp³-hybridized carbons (Fsp3) is 0.391. The van der Waals surface area contributed by atoms with Crippen molar-refractivity contribution in [2.45, 2.75) is 45.5 Å². The molecule has 1 aromatic carbocycles. The van der Waals surface area contributed by atoms with E-state index in [-0.39, 0.29) is 34.5 Å². The number of rotatable bonds is 4. The van der Waals surface area contributed by atoms with Crippen molar-refractivity contribution in [3.05, 3.63) is 56.8 Å². The van der Waals surface area contributed by atoms with E-state index in [2.05, 4.69) is 4.99 Å². The number of hydrogen-bond donors (Lipinski definition) is 1. The molecule has 0 saturated carbocycles. The van der Waals surface area contributed by atoms with Crippen LogP contribution in [0.3, 0.4) is 0 Å². The normalized spacial score (nSPS) is 17.4. The number of benzene rings is 1. The Kier molecular flexibility index (Phi) is 6.36. The molecule has 1 saturated heterocycles. The van der Waals surface area contributed by atoms with Gasteiger partial charge in [0.15, 0.2) is 0 Å². The predicted octanol–water partition coefficient (Wildman–Crippen LogP) is 4.36. The van der Waals surface area contributed by atoms with Crippen LogP contribution in [0.5, 0.6) is 0 Å². The standard InChI is InChI=1S/C23H24F3N3O3S2/c1-3-29-12-17(14-5-4-13(2)18(10-14)23(24,25)26)20-16(22(29)30)11-19(33-20)21(27)28-15-6-8-34(31,32)9-7-15/h4-5,10-12,15H,3,6-9H2,1-2H3,(H2,27,28). The number of aliphatic imine (C=N–C) groups is 1. The van der Waals surface area contributed by atoms with Gasteiger partial charge < -0.3 is 10.3 Å². The molecule has 3 aromatic rings. The zero-order valence-electron chi connectivity index (χ0n) is 18.6. The minimum atomic E-state index is -4.50. The van der Waals surface area contributed by atoms with Crippen molar-refractivity contribution in [2.75, 3.05) is 11.5 Å². The van der Waals surface area contributed by atoms with E-state index in [4.69, 9.17) is 5.73 Å². The Morgan fingerprint density at radius 2 is 1.91 bits per heavy atom. The molecule has 0 spiro atoms. The quantitative estimate of drug-likeness (QED) is 0.416. The molecule has 34 heavy (non-hydrogen) atoms. The van der Waals surface area contributed by atoms with E-state index < -0.39 is 21.6 Å². The van der Waals surface area contributed by atoms with Gasteiger partial charge in [0.05, 0.1) is 33.4 Å². The molecule has 11 heteroatoms. The van der Waals surface area contributed by atoms with Gasteiger partial charge in [0.25, 0.3) is 5.56 Å². The molecule has 0 amide bonds. The Labute approximate surface area is 198 Å². The predicted molar refractivity (Wildman–Crippen MR) is 129 cm³/mol. The number of pyridine rings is 1. The molecule has 2 aromatic heterocycles. The van der Waals surface area contributed by atoms with Crippen molar-refractivity contribution in [3.63, 3.8) is 0 Å². The fourth-order valence-electron chi connectivity index (χ4n) is 4.11. The molecule has 182 valence electrons. The second-order valence-electron chi connectivity index (χ2n) is 8.41. The zero-order chi connectivity index (χ0) is 24.8. The van der Waals surface area contributed by atoms with E-state index >= 15 is 0 Å². The van der Waals surface area contributed by atoms with Crippen molar-refractivity contribution < 1.29 is 21.6 Å². The van der Waals surface area contributed by atoms with Gasteiger partial charge in [-0.15, -0.1) is 11.3 Å². The number of nitrogens with two attached hydrogens (primary N) is 1. The zero-order valence-corrected chi connectivity index (χ0v) is 20.3. The maximum absolute atomic E-state index is 13.5. The van der Waals surface area contributed by atoms with Gasteiger partial charge in [-0.2, -0.15) is 13.2 Å². The molecular formula is C23H24F3N3O3S2. The SMILES string of the molecule is CCn1cc(-c2ccc(C)c(C(F)(F)F)c2)c2sc(C(N)=NC3CCS(=O)(=O)CC3)cc2c1=O. The number of alkyl halides is 3. The van der Waals surface area contributed by atoms with Crippen LogP contribution >= 0.6 is 11.3 Å². The highest BCUT2D eigenvalue weighted by atomic mass is 32.2. The molecule has 1 fully saturated rings. The van der Waals surface area contributed by atoms with Crippen LogP contribution in [0, 0.1) is 6.92 Å². The van der Waals surface area contributed by atoms with E-state index in [1.807, 2.05) is 0 Å². The highest BCUT2D eigenvalue weighted by Gasteiger charge is 2.33.